The van der Waals surface area contributed by atoms with Crippen LogP contribution in [0.1, 0.15) is 60.8 Å². The minimum absolute atomic E-state index is 0.357. The number of aliphatic carboxylic acids is 3. The van der Waals surface area contributed by atoms with Gasteiger partial charge in [0.15, 0.2) is 0 Å². The van der Waals surface area contributed by atoms with E-state index in [1.807, 2.05) is 41.5 Å². The Morgan fingerprint density at radius 2 is 0.704 bits per heavy atom. The Bertz CT molecular complexity index is 366. The van der Waals surface area contributed by atoms with E-state index in [9.17, 15) is 14.4 Å². The Morgan fingerprint density at radius 1 is 0.556 bits per heavy atom. The summed E-state index contributed by atoms with van der Waals surface area (Å²) in [5.74, 6) is -1.67. The molecule has 0 spiro atoms. The number of nitrogens with two attached hydrogens (primary N) is 3. The summed E-state index contributed by atoms with van der Waals surface area (Å²) in [5, 5.41) is 24.9. The van der Waals surface area contributed by atoms with Crippen LogP contribution < -0.4 is 17.2 Å². The summed E-state index contributed by atoms with van der Waals surface area (Å²) in [6, 6.07) is -2.07. The number of hydrogen-bond acceptors (Lipinski definition) is 6. The summed E-state index contributed by atoms with van der Waals surface area (Å²) in [6.45, 7) is 11.7. The maximum atomic E-state index is 10.1. The van der Waals surface area contributed by atoms with Crippen LogP contribution in [0.3, 0.4) is 0 Å². The second-order valence-electron chi connectivity index (χ2n) is 7.72. The zero-order valence-electron chi connectivity index (χ0n) is 17.4. The molecule has 9 N–H and O–H groups in total. The molecule has 0 rings (SSSR count). The first kappa shape index (κ1) is 30.0. The fraction of sp³-hybridized carbons (Fsp3) is 0.833. The van der Waals surface area contributed by atoms with Crippen molar-refractivity contribution in [3.63, 3.8) is 0 Å². The van der Waals surface area contributed by atoms with Crippen LogP contribution in [0.2, 0.25) is 0 Å². The van der Waals surface area contributed by atoms with Gasteiger partial charge in [-0.15, -0.1) is 0 Å². The molecule has 9 nitrogen and oxygen atoms in total. The molecule has 0 unspecified atom stereocenters. The monoisotopic (exact) mass is 393 g/mol. The van der Waals surface area contributed by atoms with Crippen LogP contribution in [0.4, 0.5) is 0 Å². The molecule has 0 heterocycles. The van der Waals surface area contributed by atoms with E-state index in [0.717, 1.165) is 0 Å². The normalized spacial score (nSPS) is 13.8. The van der Waals surface area contributed by atoms with Crippen LogP contribution >= 0.6 is 0 Å². The molecule has 0 aromatic heterocycles. The first-order valence-electron chi connectivity index (χ1n) is 9.06. The molecule has 162 valence electrons. The molecule has 0 radical (unpaired) electrons. The van der Waals surface area contributed by atoms with Crippen LogP contribution in [0.15, 0.2) is 0 Å². The number of carbonyl (C=O) groups is 3. The van der Waals surface area contributed by atoms with E-state index in [0.29, 0.717) is 37.0 Å². The SMILES string of the molecule is CC(C)C[C@H](N)C(=O)O.CC(C)C[C@H](N)C(=O)O.CC(C)C[C@H](N)C(=O)O. The molecule has 0 amide bonds. The predicted molar refractivity (Wildman–Crippen MR) is 105 cm³/mol. The first-order chi connectivity index (χ1) is 12.1. The van der Waals surface area contributed by atoms with Gasteiger partial charge in [-0.05, 0) is 37.0 Å². The lowest BCUT2D eigenvalue weighted by Gasteiger charge is -2.07. The van der Waals surface area contributed by atoms with Gasteiger partial charge in [0.2, 0.25) is 0 Å². The molecule has 9 heteroatoms. The van der Waals surface area contributed by atoms with Gasteiger partial charge in [-0.1, -0.05) is 41.5 Å². The van der Waals surface area contributed by atoms with Crippen LogP contribution in [-0.2, 0) is 14.4 Å². The lowest BCUT2D eigenvalue weighted by atomic mass is 10.1. The summed E-state index contributed by atoms with van der Waals surface area (Å²) < 4.78 is 0. The standard InChI is InChI=1S/3C6H13NO2/c3*1-4(2)3-5(7)6(8)9/h3*4-5H,3,7H2,1-2H3,(H,8,9)/t3*5-/m000/s1. The Kier molecular flexibility index (Phi) is 18.3. The van der Waals surface area contributed by atoms with Gasteiger partial charge >= 0.3 is 17.9 Å². The van der Waals surface area contributed by atoms with E-state index in [-0.39, 0.29) is 0 Å². The summed E-state index contributed by atoms with van der Waals surface area (Å²) >= 11 is 0. The van der Waals surface area contributed by atoms with Crippen LogP contribution in [0, 0.1) is 17.8 Å². The zero-order chi connectivity index (χ0) is 22.3. The van der Waals surface area contributed by atoms with Gasteiger partial charge < -0.3 is 32.5 Å². The summed E-state index contributed by atoms with van der Waals surface area (Å²) in [5.41, 5.74) is 15.7. The fourth-order valence-corrected chi connectivity index (χ4v) is 1.83. The Balaban J connectivity index is -0.000000320. The van der Waals surface area contributed by atoms with Crippen LogP contribution in [0.5, 0.6) is 0 Å². The molecule has 0 aromatic carbocycles. The maximum Gasteiger partial charge on any atom is 0.320 e. The van der Waals surface area contributed by atoms with E-state index >= 15 is 0 Å². The lowest BCUT2D eigenvalue weighted by Crippen LogP contribution is -2.31. The lowest BCUT2D eigenvalue weighted by molar-refractivity contribution is -0.139. The van der Waals surface area contributed by atoms with E-state index in [2.05, 4.69) is 0 Å². The Hall–Kier alpha value is -1.71. The van der Waals surface area contributed by atoms with Gasteiger partial charge in [-0.3, -0.25) is 14.4 Å². The molecule has 0 aliphatic heterocycles. The Morgan fingerprint density at radius 3 is 0.741 bits per heavy atom. The second-order valence-corrected chi connectivity index (χ2v) is 7.72. The quantitative estimate of drug-likeness (QED) is 0.335. The molecular weight excluding hydrogens is 354 g/mol. The van der Waals surface area contributed by atoms with E-state index in [4.69, 9.17) is 32.5 Å². The molecule has 0 saturated heterocycles. The number of carboxylic acids is 3. The van der Waals surface area contributed by atoms with Crippen molar-refractivity contribution in [3.05, 3.63) is 0 Å². The molecular formula is C18H39N3O6. The van der Waals surface area contributed by atoms with Gasteiger partial charge in [0.1, 0.15) is 18.1 Å². The second kappa shape index (κ2) is 16.5. The van der Waals surface area contributed by atoms with Crippen LogP contribution in [-0.4, -0.2) is 51.4 Å². The third kappa shape index (κ3) is 24.3. The molecule has 0 aliphatic rings. The molecule has 0 fully saturated rings. The molecule has 0 saturated carbocycles. The largest absolute Gasteiger partial charge is 0.480 e. The first-order valence-corrected chi connectivity index (χ1v) is 9.06. The third-order valence-corrected chi connectivity index (χ3v) is 3.13. The summed E-state index contributed by atoms with van der Waals surface area (Å²) in [7, 11) is 0. The van der Waals surface area contributed by atoms with Crippen molar-refractivity contribution in [2.75, 3.05) is 0 Å². The predicted octanol–water partition coefficient (Wildman–Crippen LogP) is 1.33. The average Bonchev–Trinajstić information content (AvgIpc) is 2.46. The number of carboxylic acid groups (broad SMARTS) is 3. The number of hydrogen-bond donors (Lipinski definition) is 6. The summed E-state index contributed by atoms with van der Waals surface area (Å²) in [4.78, 5) is 30.3. The molecule has 0 aromatic rings. The minimum Gasteiger partial charge on any atom is -0.480 e. The number of rotatable bonds is 9. The van der Waals surface area contributed by atoms with E-state index in [1.165, 1.54) is 0 Å². The van der Waals surface area contributed by atoms with Gasteiger partial charge in [0, 0.05) is 0 Å². The maximum absolute atomic E-state index is 10.1. The smallest absolute Gasteiger partial charge is 0.320 e. The highest BCUT2D eigenvalue weighted by molar-refractivity contribution is 5.73. The molecule has 27 heavy (non-hydrogen) atoms. The minimum atomic E-state index is -0.913. The molecule has 3 atom stereocenters. The topological polar surface area (TPSA) is 190 Å². The van der Waals surface area contributed by atoms with Gasteiger partial charge in [0.05, 0.1) is 0 Å². The van der Waals surface area contributed by atoms with Crippen molar-refractivity contribution in [2.45, 2.75) is 78.9 Å². The third-order valence-electron chi connectivity index (χ3n) is 3.13. The molecule has 0 bridgehead atoms. The van der Waals surface area contributed by atoms with Crippen molar-refractivity contribution in [3.8, 4) is 0 Å². The van der Waals surface area contributed by atoms with Gasteiger partial charge in [-0.25, -0.2) is 0 Å². The van der Waals surface area contributed by atoms with Crippen LogP contribution in [0.25, 0.3) is 0 Å². The van der Waals surface area contributed by atoms with Crippen molar-refractivity contribution < 1.29 is 29.7 Å². The average molecular weight is 394 g/mol. The zero-order valence-corrected chi connectivity index (χ0v) is 17.4. The highest BCUT2D eigenvalue weighted by atomic mass is 16.4. The van der Waals surface area contributed by atoms with Crippen molar-refractivity contribution >= 4 is 17.9 Å². The van der Waals surface area contributed by atoms with E-state index < -0.39 is 36.0 Å². The van der Waals surface area contributed by atoms with Crippen molar-refractivity contribution in [1.29, 1.82) is 0 Å². The van der Waals surface area contributed by atoms with Gasteiger partial charge in [-0.2, -0.15) is 0 Å². The fourth-order valence-electron chi connectivity index (χ4n) is 1.83. The highest BCUT2D eigenvalue weighted by Crippen LogP contribution is 2.02. The van der Waals surface area contributed by atoms with E-state index in [1.54, 1.807) is 0 Å². The van der Waals surface area contributed by atoms with Crippen molar-refractivity contribution in [1.82, 2.24) is 0 Å². The highest BCUT2D eigenvalue weighted by Gasteiger charge is 2.13. The Labute approximate surface area is 162 Å². The summed E-state index contributed by atoms with van der Waals surface area (Å²) in [6.07, 6.45) is 1.65. The van der Waals surface area contributed by atoms with Gasteiger partial charge in [0.25, 0.3) is 0 Å². The van der Waals surface area contributed by atoms with Crippen molar-refractivity contribution in [2.24, 2.45) is 35.0 Å². The molecule has 0 aliphatic carbocycles.